The molecule has 1 aromatic carbocycles. The van der Waals surface area contributed by atoms with Gasteiger partial charge < -0.3 is 15.7 Å². The molecule has 0 unspecified atom stereocenters. The summed E-state index contributed by atoms with van der Waals surface area (Å²) in [7, 11) is 0. The summed E-state index contributed by atoms with van der Waals surface area (Å²) in [6.07, 6.45) is 3.36. The van der Waals surface area contributed by atoms with Crippen LogP contribution in [0.25, 0.3) is 0 Å². The van der Waals surface area contributed by atoms with E-state index in [4.69, 9.17) is 5.11 Å². The molecule has 0 atom stereocenters. The SMILES string of the molecule is CC1(CNC(=O)Nc2ccc(F)c(C(=O)O)c2)CCC1. The van der Waals surface area contributed by atoms with Crippen molar-refractivity contribution in [2.24, 2.45) is 5.41 Å². The lowest BCUT2D eigenvalue weighted by Crippen LogP contribution is -2.41. The van der Waals surface area contributed by atoms with Gasteiger partial charge in [0.05, 0.1) is 5.56 Å². The van der Waals surface area contributed by atoms with E-state index in [1.165, 1.54) is 12.5 Å². The van der Waals surface area contributed by atoms with Crippen LogP contribution in [0.4, 0.5) is 14.9 Å². The predicted molar refractivity (Wildman–Crippen MR) is 72.3 cm³/mol. The average molecular weight is 280 g/mol. The first-order chi connectivity index (χ1) is 9.39. The minimum Gasteiger partial charge on any atom is -0.478 e. The fourth-order valence-corrected chi connectivity index (χ4v) is 2.19. The van der Waals surface area contributed by atoms with Gasteiger partial charge in [-0.25, -0.2) is 14.0 Å². The van der Waals surface area contributed by atoms with Crippen molar-refractivity contribution in [3.63, 3.8) is 0 Å². The van der Waals surface area contributed by atoms with Crippen molar-refractivity contribution in [1.29, 1.82) is 0 Å². The summed E-state index contributed by atoms with van der Waals surface area (Å²) in [5.41, 5.74) is -0.0550. The van der Waals surface area contributed by atoms with E-state index >= 15 is 0 Å². The molecule has 5 nitrogen and oxygen atoms in total. The van der Waals surface area contributed by atoms with Gasteiger partial charge in [-0.2, -0.15) is 0 Å². The first-order valence-electron chi connectivity index (χ1n) is 6.47. The minimum atomic E-state index is -1.37. The van der Waals surface area contributed by atoms with Crippen LogP contribution in [0.1, 0.15) is 36.5 Å². The number of aromatic carboxylic acids is 1. The normalized spacial score (nSPS) is 16.1. The third-order valence-corrected chi connectivity index (χ3v) is 3.69. The number of anilines is 1. The molecule has 0 aromatic heterocycles. The third-order valence-electron chi connectivity index (χ3n) is 3.69. The maximum atomic E-state index is 13.2. The number of hydrogen-bond acceptors (Lipinski definition) is 2. The zero-order valence-corrected chi connectivity index (χ0v) is 11.2. The van der Waals surface area contributed by atoms with Crippen molar-refractivity contribution in [1.82, 2.24) is 5.32 Å². The molecule has 108 valence electrons. The van der Waals surface area contributed by atoms with Gasteiger partial charge in [-0.1, -0.05) is 13.3 Å². The molecule has 0 radical (unpaired) electrons. The Morgan fingerprint density at radius 3 is 2.65 bits per heavy atom. The third kappa shape index (κ3) is 3.26. The first-order valence-corrected chi connectivity index (χ1v) is 6.47. The lowest BCUT2D eigenvalue weighted by Gasteiger charge is -2.38. The van der Waals surface area contributed by atoms with Crippen LogP contribution in [0.15, 0.2) is 18.2 Å². The highest BCUT2D eigenvalue weighted by Gasteiger charge is 2.31. The van der Waals surface area contributed by atoms with Crippen LogP contribution in [-0.4, -0.2) is 23.7 Å². The van der Waals surface area contributed by atoms with E-state index in [-0.39, 0.29) is 11.1 Å². The average Bonchev–Trinajstić information content (AvgIpc) is 2.36. The molecule has 2 amide bonds. The maximum absolute atomic E-state index is 13.2. The Balaban J connectivity index is 1.94. The van der Waals surface area contributed by atoms with E-state index in [0.717, 1.165) is 25.0 Å². The maximum Gasteiger partial charge on any atom is 0.338 e. The molecule has 0 aliphatic heterocycles. The van der Waals surface area contributed by atoms with Gasteiger partial charge in [0.25, 0.3) is 0 Å². The van der Waals surface area contributed by atoms with Gasteiger partial charge >= 0.3 is 12.0 Å². The van der Waals surface area contributed by atoms with E-state index in [0.29, 0.717) is 6.54 Å². The molecule has 1 fully saturated rings. The highest BCUT2D eigenvalue weighted by molar-refractivity contribution is 5.93. The van der Waals surface area contributed by atoms with Crippen LogP contribution in [0.2, 0.25) is 0 Å². The van der Waals surface area contributed by atoms with Crippen LogP contribution >= 0.6 is 0 Å². The van der Waals surface area contributed by atoms with Gasteiger partial charge in [-0.3, -0.25) is 0 Å². The molecule has 6 heteroatoms. The molecule has 0 bridgehead atoms. The molecule has 20 heavy (non-hydrogen) atoms. The number of carboxylic acid groups (broad SMARTS) is 1. The Morgan fingerprint density at radius 1 is 1.40 bits per heavy atom. The van der Waals surface area contributed by atoms with E-state index in [2.05, 4.69) is 17.6 Å². The standard InChI is InChI=1S/C14H17FN2O3/c1-14(5-2-6-14)8-16-13(20)17-9-3-4-11(15)10(7-9)12(18)19/h3-4,7H,2,5-6,8H2,1H3,(H,18,19)(H2,16,17,20). The molecule has 0 saturated heterocycles. The van der Waals surface area contributed by atoms with Gasteiger partial charge in [-0.05, 0) is 36.5 Å². The Hall–Kier alpha value is -2.11. The van der Waals surface area contributed by atoms with Crippen molar-refractivity contribution in [2.75, 3.05) is 11.9 Å². The summed E-state index contributed by atoms with van der Waals surface area (Å²) in [6, 6.07) is 3.03. The molecule has 1 aliphatic carbocycles. The molecule has 2 rings (SSSR count). The molecule has 1 saturated carbocycles. The number of urea groups is 1. The predicted octanol–water partition coefficient (Wildman–Crippen LogP) is 2.84. The summed E-state index contributed by atoms with van der Waals surface area (Å²) in [4.78, 5) is 22.5. The summed E-state index contributed by atoms with van der Waals surface area (Å²) >= 11 is 0. The number of carbonyl (C=O) groups excluding carboxylic acids is 1. The van der Waals surface area contributed by atoms with Gasteiger partial charge in [0.1, 0.15) is 5.82 Å². The molecular formula is C14H17FN2O3. The highest BCUT2D eigenvalue weighted by Crippen LogP contribution is 2.39. The van der Waals surface area contributed by atoms with Crippen molar-refractivity contribution < 1.29 is 19.1 Å². The molecular weight excluding hydrogens is 263 g/mol. The van der Waals surface area contributed by atoms with Crippen LogP contribution < -0.4 is 10.6 Å². The summed E-state index contributed by atoms with van der Waals surface area (Å²) < 4.78 is 13.2. The molecule has 3 N–H and O–H groups in total. The summed E-state index contributed by atoms with van der Waals surface area (Å²) in [6.45, 7) is 2.68. The zero-order chi connectivity index (χ0) is 14.8. The van der Waals surface area contributed by atoms with E-state index in [9.17, 15) is 14.0 Å². The quantitative estimate of drug-likeness (QED) is 0.793. The number of benzene rings is 1. The zero-order valence-electron chi connectivity index (χ0n) is 11.2. The Kier molecular flexibility index (Phi) is 3.92. The number of carboxylic acids is 1. The van der Waals surface area contributed by atoms with Crippen LogP contribution in [0, 0.1) is 11.2 Å². The fourth-order valence-electron chi connectivity index (χ4n) is 2.19. The number of nitrogens with one attached hydrogen (secondary N) is 2. The second-order valence-electron chi connectivity index (χ2n) is 5.47. The van der Waals surface area contributed by atoms with Gasteiger partial charge in [0.2, 0.25) is 0 Å². The Labute approximate surface area is 116 Å². The lowest BCUT2D eigenvalue weighted by atomic mass is 9.70. The van der Waals surface area contributed by atoms with Crippen molar-refractivity contribution in [3.8, 4) is 0 Å². The van der Waals surface area contributed by atoms with Crippen LogP contribution in [0.5, 0.6) is 0 Å². The van der Waals surface area contributed by atoms with Crippen molar-refractivity contribution in [3.05, 3.63) is 29.6 Å². The van der Waals surface area contributed by atoms with E-state index in [1.807, 2.05) is 0 Å². The van der Waals surface area contributed by atoms with Gasteiger partial charge in [0.15, 0.2) is 0 Å². The number of rotatable bonds is 4. The molecule has 1 aliphatic rings. The van der Waals surface area contributed by atoms with Crippen LogP contribution in [-0.2, 0) is 0 Å². The Bertz CT molecular complexity index is 541. The van der Waals surface area contributed by atoms with E-state index < -0.39 is 23.4 Å². The second-order valence-corrected chi connectivity index (χ2v) is 5.47. The van der Waals surface area contributed by atoms with Gasteiger partial charge in [0, 0.05) is 12.2 Å². The number of carbonyl (C=O) groups is 2. The van der Waals surface area contributed by atoms with Gasteiger partial charge in [-0.15, -0.1) is 0 Å². The minimum absolute atomic E-state index is 0.159. The number of amides is 2. The second kappa shape index (κ2) is 5.48. The summed E-state index contributed by atoms with van der Waals surface area (Å²) in [5.74, 6) is -2.20. The lowest BCUT2D eigenvalue weighted by molar-refractivity contribution is 0.0692. The number of hydrogen-bond donors (Lipinski definition) is 3. The largest absolute Gasteiger partial charge is 0.478 e. The van der Waals surface area contributed by atoms with Crippen molar-refractivity contribution in [2.45, 2.75) is 26.2 Å². The van der Waals surface area contributed by atoms with Crippen LogP contribution in [0.3, 0.4) is 0 Å². The number of halogens is 1. The summed E-state index contributed by atoms with van der Waals surface area (Å²) in [5, 5.41) is 14.1. The molecule has 0 heterocycles. The first kappa shape index (κ1) is 14.3. The fraction of sp³-hybridized carbons (Fsp3) is 0.429. The molecule has 0 spiro atoms. The Morgan fingerprint density at radius 2 is 2.10 bits per heavy atom. The van der Waals surface area contributed by atoms with Crippen molar-refractivity contribution >= 4 is 17.7 Å². The smallest absolute Gasteiger partial charge is 0.338 e. The monoisotopic (exact) mass is 280 g/mol. The van der Waals surface area contributed by atoms with E-state index in [1.54, 1.807) is 0 Å². The highest BCUT2D eigenvalue weighted by atomic mass is 19.1. The molecule has 1 aromatic rings. The topological polar surface area (TPSA) is 78.4 Å².